The first kappa shape index (κ1) is 37.3. The third-order valence-corrected chi connectivity index (χ3v) is 8.79. The van der Waals surface area contributed by atoms with Gasteiger partial charge in [-0.25, -0.2) is 9.36 Å². The molecule has 2 aromatic rings. The van der Waals surface area contributed by atoms with Crippen LogP contribution >= 0.6 is 19.4 Å². The van der Waals surface area contributed by atoms with E-state index < -0.39 is 78.7 Å². The molecule has 0 aliphatic carbocycles. The van der Waals surface area contributed by atoms with Crippen LogP contribution in [0.4, 0.5) is 0 Å². The molecule has 0 unspecified atom stereocenters. The highest BCUT2D eigenvalue weighted by Crippen LogP contribution is 2.58. The van der Waals surface area contributed by atoms with Gasteiger partial charge in [-0.05, 0) is 34.1 Å². The van der Waals surface area contributed by atoms with Crippen LogP contribution in [0.15, 0.2) is 51.2 Å². The topological polar surface area (TPSA) is 210 Å². The molecule has 4 rings (SSSR count). The number of esters is 2. The maximum atomic E-state index is 13.8. The average molecular weight is 712 g/mol. The molecule has 1 aromatic carbocycles. The van der Waals surface area contributed by atoms with Crippen LogP contribution in [-0.2, 0) is 41.9 Å². The molecule has 2 aliphatic heterocycles. The second-order valence-corrected chi connectivity index (χ2v) is 15.9. The van der Waals surface area contributed by atoms with Gasteiger partial charge in [0.05, 0.1) is 32.2 Å². The van der Waals surface area contributed by atoms with Crippen molar-refractivity contribution in [3.05, 3.63) is 78.4 Å². The van der Waals surface area contributed by atoms with Gasteiger partial charge < -0.3 is 14.2 Å². The number of carbonyl (C=O) groups excluding carboxylic acids is 2. The Balaban J connectivity index is 1.77. The molecule has 2 saturated heterocycles. The van der Waals surface area contributed by atoms with E-state index in [-0.39, 0.29) is 19.4 Å². The SMILES string of the molecule is CC(C)(C)CC(=O)O[C@H]1[C@H](n2ccc(=O)[nH]c2=O)O[C@@](CO[P@@]2(=O)OCC[C@@H](c3cccc(Cl)c3)O2)(N=[N+]=[N-])[C@H]1OC(=O)CC(C)(C)C. The number of benzene rings is 1. The zero-order valence-corrected chi connectivity index (χ0v) is 29.1. The zero-order chi connectivity index (χ0) is 35.5. The van der Waals surface area contributed by atoms with Crippen LogP contribution < -0.4 is 11.2 Å². The predicted octanol–water partition coefficient (Wildman–Crippen LogP) is 5.72. The first-order chi connectivity index (χ1) is 22.3. The van der Waals surface area contributed by atoms with E-state index in [1.807, 2.05) is 0 Å². The van der Waals surface area contributed by atoms with Crippen LogP contribution in [0.5, 0.6) is 0 Å². The summed E-state index contributed by atoms with van der Waals surface area (Å²) in [6.45, 7) is 9.77. The normalized spacial score (nSPS) is 27.6. The van der Waals surface area contributed by atoms with Gasteiger partial charge in [0.25, 0.3) is 5.56 Å². The number of halogens is 1. The van der Waals surface area contributed by atoms with Crippen molar-refractivity contribution < 1.29 is 41.9 Å². The number of H-pyrrole nitrogens is 1. The Kier molecular flexibility index (Phi) is 11.3. The van der Waals surface area contributed by atoms with Crippen molar-refractivity contribution in [3.8, 4) is 0 Å². The van der Waals surface area contributed by atoms with Gasteiger partial charge in [0, 0.05) is 28.6 Å². The van der Waals surface area contributed by atoms with Crippen LogP contribution in [0.25, 0.3) is 10.4 Å². The van der Waals surface area contributed by atoms with Gasteiger partial charge in [-0.15, -0.1) is 0 Å². The van der Waals surface area contributed by atoms with E-state index in [1.54, 1.807) is 65.8 Å². The smallest absolute Gasteiger partial charge is 0.455 e. The van der Waals surface area contributed by atoms with Crippen molar-refractivity contribution in [1.82, 2.24) is 9.55 Å². The minimum Gasteiger partial charge on any atom is -0.455 e. The molecule has 262 valence electrons. The van der Waals surface area contributed by atoms with Crippen molar-refractivity contribution in [2.45, 2.75) is 91.1 Å². The Labute approximate surface area is 281 Å². The van der Waals surface area contributed by atoms with E-state index in [9.17, 15) is 29.3 Å². The molecule has 3 heterocycles. The number of phosphoric acid groups is 1. The highest BCUT2D eigenvalue weighted by atomic mass is 35.5. The van der Waals surface area contributed by atoms with Crippen molar-refractivity contribution >= 4 is 31.4 Å². The fourth-order valence-electron chi connectivity index (χ4n) is 5.10. The molecule has 0 radical (unpaired) electrons. The fourth-order valence-corrected chi connectivity index (χ4v) is 6.71. The molecular weight excluding hydrogens is 673 g/mol. The molecule has 0 bridgehead atoms. The monoisotopic (exact) mass is 711 g/mol. The lowest BCUT2D eigenvalue weighted by Crippen LogP contribution is -2.49. The van der Waals surface area contributed by atoms with E-state index in [0.29, 0.717) is 17.0 Å². The summed E-state index contributed by atoms with van der Waals surface area (Å²) in [7, 11) is -4.42. The predicted molar refractivity (Wildman–Crippen MR) is 171 cm³/mol. The summed E-state index contributed by atoms with van der Waals surface area (Å²) in [6, 6.07) is 7.74. The van der Waals surface area contributed by atoms with Crippen LogP contribution in [0.2, 0.25) is 5.02 Å². The molecule has 48 heavy (non-hydrogen) atoms. The van der Waals surface area contributed by atoms with Crippen molar-refractivity contribution in [2.75, 3.05) is 13.2 Å². The molecule has 18 heteroatoms. The number of phosphoric ester groups is 1. The Hall–Kier alpha value is -3.49. The third kappa shape index (κ3) is 9.56. The van der Waals surface area contributed by atoms with Crippen molar-refractivity contribution in [2.24, 2.45) is 15.9 Å². The largest absolute Gasteiger partial charge is 0.475 e. The Morgan fingerprint density at radius 1 is 1.12 bits per heavy atom. The number of ether oxygens (including phenoxy) is 3. The number of azide groups is 1. The Morgan fingerprint density at radius 3 is 2.40 bits per heavy atom. The summed E-state index contributed by atoms with van der Waals surface area (Å²) in [5.41, 5.74) is 5.13. The van der Waals surface area contributed by atoms with Gasteiger partial charge in [-0.3, -0.25) is 37.5 Å². The maximum absolute atomic E-state index is 13.8. The van der Waals surface area contributed by atoms with Crippen molar-refractivity contribution in [1.29, 1.82) is 0 Å². The number of hydrogen-bond donors (Lipinski definition) is 1. The molecule has 0 saturated carbocycles. The molecule has 0 amide bonds. The van der Waals surface area contributed by atoms with Crippen LogP contribution in [0.3, 0.4) is 0 Å². The maximum Gasteiger partial charge on any atom is 0.475 e. The van der Waals surface area contributed by atoms with Crippen LogP contribution in [0.1, 0.15) is 78.7 Å². The van der Waals surface area contributed by atoms with Gasteiger partial charge in [-0.2, -0.15) is 0 Å². The molecule has 16 nitrogen and oxygen atoms in total. The number of hydrogen-bond acceptors (Lipinski definition) is 12. The molecule has 0 spiro atoms. The number of aromatic nitrogens is 2. The summed E-state index contributed by atoms with van der Waals surface area (Å²) in [4.78, 5) is 56.3. The van der Waals surface area contributed by atoms with Crippen LogP contribution in [-0.4, -0.2) is 52.6 Å². The van der Waals surface area contributed by atoms with Crippen molar-refractivity contribution in [3.63, 3.8) is 0 Å². The summed E-state index contributed by atoms with van der Waals surface area (Å²) in [5, 5.41) is 4.20. The molecule has 6 atom stereocenters. The van der Waals surface area contributed by atoms with Gasteiger partial charge in [0.15, 0.2) is 18.4 Å². The molecule has 1 aromatic heterocycles. The standard InChI is InChI=1S/C30H39ClN5O11P/c1-28(2,3)15-22(38)44-24-25(45-23(39)16-29(4,5)6)30(34-35-32,46-26(24)36-12-10-21(37)33-27(36)40)17-43-48(41)42-13-11-20(47-48)18-8-7-9-19(31)14-18/h7-10,12,14,20,24-26H,11,13,15-17H2,1-6H3,(H,33,37,40)/t20-,24+,25-,26+,30+,48+/m0/s1. The van der Waals surface area contributed by atoms with Gasteiger partial charge in [0.2, 0.25) is 5.72 Å². The number of nitrogens with zero attached hydrogens (tertiary/aromatic N) is 4. The van der Waals surface area contributed by atoms with Gasteiger partial charge >= 0.3 is 25.5 Å². The quantitative estimate of drug-likeness (QED) is 0.103. The molecule has 1 N–H and O–H groups in total. The van der Waals surface area contributed by atoms with E-state index in [0.717, 1.165) is 16.8 Å². The summed E-state index contributed by atoms with van der Waals surface area (Å²) in [5.74, 6) is -1.55. The lowest BCUT2D eigenvalue weighted by molar-refractivity contribution is -0.175. The summed E-state index contributed by atoms with van der Waals surface area (Å²) < 4.78 is 49.3. The summed E-state index contributed by atoms with van der Waals surface area (Å²) >= 11 is 6.13. The van der Waals surface area contributed by atoms with Crippen LogP contribution in [0, 0.1) is 10.8 Å². The number of carbonyl (C=O) groups is 2. The molecule has 2 aliphatic rings. The van der Waals surface area contributed by atoms with E-state index in [1.165, 1.54) is 0 Å². The minimum atomic E-state index is -4.42. The number of nitrogens with one attached hydrogen (secondary N) is 1. The first-order valence-corrected chi connectivity index (χ1v) is 16.9. The second kappa shape index (κ2) is 14.6. The Bertz CT molecular complexity index is 1730. The lowest BCUT2D eigenvalue weighted by Gasteiger charge is -2.34. The van der Waals surface area contributed by atoms with Gasteiger partial charge in [-0.1, -0.05) is 70.4 Å². The molecular formula is C30H39ClN5O11P. The minimum absolute atomic E-state index is 0.0454. The van der Waals surface area contributed by atoms with E-state index in [4.69, 9.17) is 39.4 Å². The fraction of sp³-hybridized carbons (Fsp3) is 0.600. The molecule has 2 fully saturated rings. The highest BCUT2D eigenvalue weighted by molar-refractivity contribution is 7.48. The zero-order valence-electron chi connectivity index (χ0n) is 27.4. The summed E-state index contributed by atoms with van der Waals surface area (Å²) in [6.07, 6.45) is -4.62. The third-order valence-electron chi connectivity index (χ3n) is 7.10. The highest BCUT2D eigenvalue weighted by Gasteiger charge is 2.62. The second-order valence-electron chi connectivity index (χ2n) is 13.9. The Morgan fingerprint density at radius 2 is 1.79 bits per heavy atom. The lowest BCUT2D eigenvalue weighted by atomic mass is 9.92. The van der Waals surface area contributed by atoms with E-state index >= 15 is 0 Å². The number of rotatable bonds is 10. The average Bonchev–Trinajstić information content (AvgIpc) is 3.22. The van der Waals surface area contributed by atoms with Gasteiger partial charge in [0.1, 0.15) is 0 Å². The number of aromatic amines is 1. The first-order valence-electron chi connectivity index (χ1n) is 15.1. The van der Waals surface area contributed by atoms with E-state index in [2.05, 4.69) is 15.0 Å².